The van der Waals surface area contributed by atoms with Crippen LogP contribution in [0.3, 0.4) is 0 Å². The van der Waals surface area contributed by atoms with Crippen molar-refractivity contribution in [2.24, 2.45) is 5.92 Å². The maximum atomic E-state index is 12.3. The summed E-state index contributed by atoms with van der Waals surface area (Å²) in [6.45, 7) is 5.81. The van der Waals surface area contributed by atoms with E-state index in [2.05, 4.69) is 6.92 Å². The molecule has 1 fully saturated rings. The van der Waals surface area contributed by atoms with Gasteiger partial charge in [0.05, 0.1) is 0 Å². The van der Waals surface area contributed by atoms with Crippen molar-refractivity contribution >= 4 is 5.91 Å². The molecule has 0 spiro atoms. The van der Waals surface area contributed by atoms with E-state index in [9.17, 15) is 9.59 Å². The van der Waals surface area contributed by atoms with E-state index < -0.39 is 0 Å². The minimum Gasteiger partial charge on any atom is -0.341 e. The monoisotopic (exact) mass is 262 g/mol. The predicted molar refractivity (Wildman–Crippen MR) is 75.0 cm³/mol. The molecule has 1 aliphatic rings. The van der Waals surface area contributed by atoms with Gasteiger partial charge in [-0.25, -0.2) is 0 Å². The molecule has 4 nitrogen and oxygen atoms in total. The number of nitrogens with zero attached hydrogens (tertiary/aromatic N) is 2. The van der Waals surface area contributed by atoms with Crippen LogP contribution >= 0.6 is 0 Å². The maximum Gasteiger partial charge on any atom is 0.253 e. The first-order valence-electron chi connectivity index (χ1n) is 7.02. The van der Waals surface area contributed by atoms with Gasteiger partial charge in [-0.15, -0.1) is 0 Å². The minimum absolute atomic E-state index is 0.0572. The second-order valence-electron chi connectivity index (χ2n) is 5.54. The molecule has 0 aliphatic carbocycles. The van der Waals surface area contributed by atoms with E-state index in [0.29, 0.717) is 11.5 Å². The van der Waals surface area contributed by atoms with Crippen molar-refractivity contribution in [3.8, 4) is 0 Å². The average Bonchev–Trinajstić information content (AvgIpc) is 2.60. The molecular weight excluding hydrogens is 240 g/mol. The van der Waals surface area contributed by atoms with Crippen LogP contribution < -0.4 is 5.56 Å². The molecule has 2 rings (SSSR count). The standard InChI is InChI=1S/C15H22N2O2/c1-12-5-3-8-16(10-7-12)14(18)11-17-9-4-6-13(2)15(17)19/h4,6,9,12H,3,5,7-8,10-11H2,1-2H3. The quantitative estimate of drug-likeness (QED) is 0.815. The fourth-order valence-corrected chi connectivity index (χ4v) is 2.54. The van der Waals surface area contributed by atoms with E-state index >= 15 is 0 Å². The number of aromatic nitrogens is 1. The molecule has 1 aromatic rings. The number of amides is 1. The first-order chi connectivity index (χ1) is 9.08. The number of pyridine rings is 1. The van der Waals surface area contributed by atoms with Gasteiger partial charge in [0.2, 0.25) is 5.91 Å². The number of likely N-dealkylation sites (tertiary alicyclic amines) is 1. The van der Waals surface area contributed by atoms with Gasteiger partial charge in [0.1, 0.15) is 6.54 Å². The molecule has 104 valence electrons. The summed E-state index contributed by atoms with van der Waals surface area (Å²) in [7, 11) is 0. The minimum atomic E-state index is -0.0703. The van der Waals surface area contributed by atoms with Crippen molar-refractivity contribution in [3.63, 3.8) is 0 Å². The normalized spacial score (nSPS) is 20.1. The fourth-order valence-electron chi connectivity index (χ4n) is 2.54. The molecule has 2 heterocycles. The topological polar surface area (TPSA) is 42.3 Å². The molecule has 0 saturated carbocycles. The van der Waals surface area contributed by atoms with Gasteiger partial charge in [0.25, 0.3) is 5.56 Å². The third kappa shape index (κ3) is 3.46. The first-order valence-corrected chi connectivity index (χ1v) is 7.02. The third-order valence-corrected chi connectivity index (χ3v) is 3.89. The Bertz CT molecular complexity index is 507. The first kappa shape index (κ1) is 13.8. The highest BCUT2D eigenvalue weighted by Gasteiger charge is 2.18. The van der Waals surface area contributed by atoms with E-state index in [1.165, 1.54) is 11.0 Å². The van der Waals surface area contributed by atoms with Gasteiger partial charge in [0, 0.05) is 24.8 Å². The predicted octanol–water partition coefficient (Wildman–Crippen LogP) is 1.81. The Labute approximate surface area is 114 Å². The van der Waals surface area contributed by atoms with Gasteiger partial charge >= 0.3 is 0 Å². The molecule has 1 aromatic heterocycles. The number of carbonyl (C=O) groups excluding carboxylic acids is 1. The fraction of sp³-hybridized carbons (Fsp3) is 0.600. The van der Waals surface area contributed by atoms with Crippen LogP contribution in [0.4, 0.5) is 0 Å². The Morgan fingerprint density at radius 2 is 2.16 bits per heavy atom. The van der Waals surface area contributed by atoms with Crippen LogP contribution in [-0.2, 0) is 11.3 Å². The molecule has 1 unspecified atom stereocenters. The van der Waals surface area contributed by atoms with Crippen LogP contribution in [0.5, 0.6) is 0 Å². The molecule has 0 aromatic carbocycles. The summed E-state index contributed by atoms with van der Waals surface area (Å²) in [5.74, 6) is 0.751. The van der Waals surface area contributed by atoms with E-state index in [0.717, 1.165) is 25.9 Å². The van der Waals surface area contributed by atoms with E-state index in [1.807, 2.05) is 11.0 Å². The van der Waals surface area contributed by atoms with E-state index in [-0.39, 0.29) is 18.0 Å². The Morgan fingerprint density at radius 3 is 2.95 bits per heavy atom. The molecule has 0 radical (unpaired) electrons. The Kier molecular flexibility index (Phi) is 4.40. The van der Waals surface area contributed by atoms with Crippen LogP contribution in [0.25, 0.3) is 0 Å². The second-order valence-corrected chi connectivity index (χ2v) is 5.54. The Hall–Kier alpha value is -1.58. The Morgan fingerprint density at radius 1 is 1.37 bits per heavy atom. The lowest BCUT2D eigenvalue weighted by molar-refractivity contribution is -0.131. The van der Waals surface area contributed by atoms with Crippen molar-refractivity contribution in [2.45, 2.75) is 39.7 Å². The molecule has 0 bridgehead atoms. The zero-order valence-electron chi connectivity index (χ0n) is 11.8. The van der Waals surface area contributed by atoms with Crippen LogP contribution in [0.1, 0.15) is 31.7 Å². The van der Waals surface area contributed by atoms with E-state index in [4.69, 9.17) is 0 Å². The van der Waals surface area contributed by atoms with Crippen molar-refractivity contribution in [3.05, 3.63) is 34.2 Å². The lowest BCUT2D eigenvalue weighted by atomic mass is 10.0. The summed E-state index contributed by atoms with van der Waals surface area (Å²) >= 11 is 0. The Balaban J connectivity index is 2.04. The summed E-state index contributed by atoms with van der Waals surface area (Å²) in [5.41, 5.74) is 0.610. The lowest BCUT2D eigenvalue weighted by Gasteiger charge is -2.21. The molecule has 1 aliphatic heterocycles. The maximum absolute atomic E-state index is 12.3. The second kappa shape index (κ2) is 6.04. The number of hydrogen-bond donors (Lipinski definition) is 0. The van der Waals surface area contributed by atoms with Crippen LogP contribution in [0.2, 0.25) is 0 Å². The molecular formula is C15H22N2O2. The number of rotatable bonds is 2. The van der Waals surface area contributed by atoms with Crippen molar-refractivity contribution in [1.29, 1.82) is 0 Å². The van der Waals surface area contributed by atoms with E-state index in [1.54, 1.807) is 19.2 Å². The van der Waals surface area contributed by atoms with Gasteiger partial charge in [-0.3, -0.25) is 9.59 Å². The highest BCUT2D eigenvalue weighted by molar-refractivity contribution is 5.76. The van der Waals surface area contributed by atoms with Crippen molar-refractivity contribution < 1.29 is 4.79 Å². The van der Waals surface area contributed by atoms with Gasteiger partial charge in [-0.1, -0.05) is 13.0 Å². The molecule has 0 N–H and O–H groups in total. The molecule has 1 atom stereocenters. The summed E-state index contributed by atoms with van der Waals surface area (Å²) in [6.07, 6.45) is 5.01. The van der Waals surface area contributed by atoms with Crippen LogP contribution in [0, 0.1) is 12.8 Å². The number of hydrogen-bond acceptors (Lipinski definition) is 2. The lowest BCUT2D eigenvalue weighted by Crippen LogP contribution is -2.37. The summed E-state index contributed by atoms with van der Waals surface area (Å²) in [4.78, 5) is 26.1. The number of aryl methyl sites for hydroxylation is 1. The van der Waals surface area contributed by atoms with Crippen LogP contribution in [-0.4, -0.2) is 28.5 Å². The zero-order valence-corrected chi connectivity index (χ0v) is 11.8. The highest BCUT2D eigenvalue weighted by Crippen LogP contribution is 2.16. The highest BCUT2D eigenvalue weighted by atomic mass is 16.2. The zero-order chi connectivity index (χ0) is 13.8. The van der Waals surface area contributed by atoms with Crippen LogP contribution in [0.15, 0.2) is 23.1 Å². The van der Waals surface area contributed by atoms with Gasteiger partial charge < -0.3 is 9.47 Å². The molecule has 1 amide bonds. The van der Waals surface area contributed by atoms with Crippen molar-refractivity contribution in [2.75, 3.05) is 13.1 Å². The molecule has 19 heavy (non-hydrogen) atoms. The largest absolute Gasteiger partial charge is 0.341 e. The molecule has 4 heteroatoms. The third-order valence-electron chi connectivity index (χ3n) is 3.89. The summed E-state index contributed by atoms with van der Waals surface area (Å²) < 4.78 is 1.51. The smallest absolute Gasteiger partial charge is 0.253 e. The molecule has 1 saturated heterocycles. The SMILES string of the molecule is Cc1cccn(CC(=O)N2CCCC(C)CC2)c1=O. The average molecular weight is 262 g/mol. The van der Waals surface area contributed by atoms with Gasteiger partial charge in [0.15, 0.2) is 0 Å². The summed E-state index contributed by atoms with van der Waals surface area (Å²) in [6, 6.07) is 3.59. The van der Waals surface area contributed by atoms with Gasteiger partial charge in [-0.2, -0.15) is 0 Å². The summed E-state index contributed by atoms with van der Waals surface area (Å²) in [5, 5.41) is 0. The number of carbonyl (C=O) groups is 1. The van der Waals surface area contributed by atoms with Gasteiger partial charge in [-0.05, 0) is 38.2 Å². The van der Waals surface area contributed by atoms with Crippen molar-refractivity contribution in [1.82, 2.24) is 9.47 Å².